The van der Waals surface area contributed by atoms with Gasteiger partial charge in [0.05, 0.1) is 17.8 Å². The van der Waals surface area contributed by atoms with Gasteiger partial charge in [0.1, 0.15) is 0 Å². The van der Waals surface area contributed by atoms with Gasteiger partial charge in [0.25, 0.3) is 0 Å². The maximum atomic E-state index is 12.9. The molecule has 0 fully saturated rings. The summed E-state index contributed by atoms with van der Waals surface area (Å²) in [5.41, 5.74) is 6.42. The van der Waals surface area contributed by atoms with Gasteiger partial charge >= 0.3 is 6.18 Å². The number of hydrogen-bond acceptors (Lipinski definition) is 2. The highest BCUT2D eigenvalue weighted by Gasteiger charge is 2.33. The van der Waals surface area contributed by atoms with E-state index in [9.17, 15) is 13.2 Å². The largest absolute Gasteiger partial charge is 0.417 e. The number of nitrogens with two attached hydrogens (primary N) is 1. The summed E-state index contributed by atoms with van der Waals surface area (Å²) in [6, 6.07) is 3.39. The average Bonchev–Trinajstić information content (AvgIpc) is 2.86. The molecular formula is C14H15BrF3N3. The highest BCUT2D eigenvalue weighted by Crippen LogP contribution is 2.36. The zero-order valence-corrected chi connectivity index (χ0v) is 12.9. The van der Waals surface area contributed by atoms with Gasteiger partial charge < -0.3 is 5.73 Å². The third-order valence-electron chi connectivity index (χ3n) is 3.12. The van der Waals surface area contributed by atoms with Gasteiger partial charge in [0, 0.05) is 22.8 Å². The lowest BCUT2D eigenvalue weighted by Crippen LogP contribution is -2.14. The molecule has 1 unspecified atom stereocenters. The molecule has 0 saturated carbocycles. The molecule has 0 bridgehead atoms. The second-order valence-electron chi connectivity index (χ2n) is 4.75. The van der Waals surface area contributed by atoms with Crippen molar-refractivity contribution in [2.45, 2.75) is 32.1 Å². The van der Waals surface area contributed by atoms with Crippen LogP contribution < -0.4 is 5.73 Å². The molecule has 21 heavy (non-hydrogen) atoms. The van der Waals surface area contributed by atoms with Gasteiger partial charge in [-0.15, -0.1) is 0 Å². The van der Waals surface area contributed by atoms with Crippen LogP contribution >= 0.6 is 15.9 Å². The molecule has 0 aliphatic carbocycles. The van der Waals surface area contributed by atoms with Crippen LogP contribution in [0.2, 0.25) is 0 Å². The Hall–Kier alpha value is -1.34. The molecule has 0 saturated heterocycles. The molecule has 0 aliphatic rings. The lowest BCUT2D eigenvalue weighted by Gasteiger charge is -2.14. The Labute approximate surface area is 129 Å². The fourth-order valence-corrected chi connectivity index (χ4v) is 2.51. The third-order valence-corrected chi connectivity index (χ3v) is 3.81. The highest BCUT2D eigenvalue weighted by atomic mass is 79.9. The molecule has 2 aromatic rings. The minimum atomic E-state index is -4.42. The molecule has 0 spiro atoms. The molecular weight excluding hydrogens is 347 g/mol. The smallest absolute Gasteiger partial charge is 0.320 e. The van der Waals surface area contributed by atoms with Gasteiger partial charge in [-0.25, -0.2) is 0 Å². The van der Waals surface area contributed by atoms with Crippen molar-refractivity contribution in [2.24, 2.45) is 5.73 Å². The van der Waals surface area contributed by atoms with E-state index in [1.165, 1.54) is 6.07 Å². The van der Waals surface area contributed by atoms with Crippen LogP contribution in [0.5, 0.6) is 0 Å². The lowest BCUT2D eigenvalue weighted by atomic mass is 10.0. The van der Waals surface area contributed by atoms with Crippen molar-refractivity contribution in [1.82, 2.24) is 9.78 Å². The fraction of sp³-hybridized carbons (Fsp3) is 0.357. The Morgan fingerprint density at radius 3 is 2.67 bits per heavy atom. The van der Waals surface area contributed by atoms with Crippen molar-refractivity contribution in [3.05, 3.63) is 51.8 Å². The van der Waals surface area contributed by atoms with Crippen molar-refractivity contribution in [2.75, 3.05) is 0 Å². The van der Waals surface area contributed by atoms with Crippen LogP contribution in [0.4, 0.5) is 13.2 Å². The predicted molar refractivity (Wildman–Crippen MR) is 77.7 cm³/mol. The number of rotatable bonds is 4. The van der Waals surface area contributed by atoms with E-state index in [4.69, 9.17) is 5.73 Å². The van der Waals surface area contributed by atoms with Crippen LogP contribution in [0.25, 0.3) is 0 Å². The Kier molecular flexibility index (Phi) is 4.73. The van der Waals surface area contributed by atoms with Crippen LogP contribution in [0, 0.1) is 0 Å². The molecule has 1 atom stereocenters. The zero-order chi connectivity index (χ0) is 15.6. The van der Waals surface area contributed by atoms with Crippen molar-refractivity contribution in [1.29, 1.82) is 0 Å². The Morgan fingerprint density at radius 2 is 2.05 bits per heavy atom. The van der Waals surface area contributed by atoms with Gasteiger partial charge in [0.2, 0.25) is 0 Å². The second-order valence-corrected chi connectivity index (χ2v) is 5.61. The maximum absolute atomic E-state index is 12.9. The number of aryl methyl sites for hydroxylation is 1. The standard InChI is InChI=1S/C14H15BrF3N3/c1-2-5-21-8-10(7-20-21)13(19)9-3-4-12(15)11(6-9)14(16,17)18/h3-4,6-8,13H,2,5,19H2,1H3. The lowest BCUT2D eigenvalue weighted by molar-refractivity contribution is -0.138. The Bertz CT molecular complexity index is 622. The van der Waals surface area contributed by atoms with E-state index in [1.54, 1.807) is 23.1 Å². The van der Waals surface area contributed by atoms with Crippen LogP contribution in [-0.4, -0.2) is 9.78 Å². The first-order valence-corrected chi connectivity index (χ1v) is 7.26. The molecule has 1 aromatic carbocycles. The van der Waals surface area contributed by atoms with Gasteiger partial charge in [-0.2, -0.15) is 18.3 Å². The average molecular weight is 362 g/mol. The van der Waals surface area contributed by atoms with Crippen molar-refractivity contribution < 1.29 is 13.2 Å². The summed E-state index contributed by atoms with van der Waals surface area (Å²) in [6.45, 7) is 2.77. The summed E-state index contributed by atoms with van der Waals surface area (Å²) >= 11 is 2.92. The highest BCUT2D eigenvalue weighted by molar-refractivity contribution is 9.10. The van der Waals surface area contributed by atoms with Crippen molar-refractivity contribution >= 4 is 15.9 Å². The quantitative estimate of drug-likeness (QED) is 0.889. The number of benzene rings is 1. The van der Waals surface area contributed by atoms with Gasteiger partial charge in [-0.1, -0.05) is 28.9 Å². The van der Waals surface area contributed by atoms with E-state index in [2.05, 4.69) is 21.0 Å². The normalized spacial score (nSPS) is 13.4. The third kappa shape index (κ3) is 3.65. The monoisotopic (exact) mass is 361 g/mol. The molecule has 2 rings (SSSR count). The maximum Gasteiger partial charge on any atom is 0.417 e. The molecule has 0 amide bonds. The van der Waals surface area contributed by atoms with Gasteiger partial charge in [0.15, 0.2) is 0 Å². The van der Waals surface area contributed by atoms with Gasteiger partial charge in [-0.3, -0.25) is 4.68 Å². The summed E-state index contributed by atoms with van der Waals surface area (Å²) in [5.74, 6) is 0. The number of halogens is 4. The predicted octanol–water partition coefficient (Wildman–Crippen LogP) is 4.12. The van der Waals surface area contributed by atoms with E-state index < -0.39 is 17.8 Å². The van der Waals surface area contributed by atoms with Crippen molar-refractivity contribution in [3.63, 3.8) is 0 Å². The summed E-state index contributed by atoms with van der Waals surface area (Å²) in [5, 5.41) is 4.15. The minimum absolute atomic E-state index is 0.00706. The first-order valence-electron chi connectivity index (χ1n) is 6.47. The summed E-state index contributed by atoms with van der Waals surface area (Å²) < 4.78 is 40.5. The molecule has 1 aromatic heterocycles. The molecule has 0 radical (unpaired) electrons. The first kappa shape index (κ1) is 16.0. The molecule has 2 N–H and O–H groups in total. The SMILES string of the molecule is CCCn1cc(C(N)c2ccc(Br)c(C(F)(F)F)c2)cn1. The topological polar surface area (TPSA) is 43.8 Å². The van der Waals surface area contributed by atoms with Gasteiger partial charge in [-0.05, 0) is 24.1 Å². The molecule has 1 heterocycles. The zero-order valence-electron chi connectivity index (χ0n) is 11.4. The Balaban J connectivity index is 2.32. The van der Waals surface area contributed by atoms with E-state index in [-0.39, 0.29) is 4.47 Å². The van der Waals surface area contributed by atoms with Crippen molar-refractivity contribution in [3.8, 4) is 0 Å². The van der Waals surface area contributed by atoms with Crippen LogP contribution in [0.3, 0.4) is 0 Å². The number of aromatic nitrogens is 2. The van der Waals surface area contributed by atoms with Crippen LogP contribution in [-0.2, 0) is 12.7 Å². The number of nitrogens with zero attached hydrogens (tertiary/aromatic N) is 2. The fourth-order valence-electron chi connectivity index (χ4n) is 2.04. The van der Waals surface area contributed by atoms with E-state index in [0.29, 0.717) is 11.1 Å². The minimum Gasteiger partial charge on any atom is -0.320 e. The summed E-state index contributed by atoms with van der Waals surface area (Å²) in [6.07, 6.45) is -0.132. The Morgan fingerprint density at radius 1 is 1.33 bits per heavy atom. The summed E-state index contributed by atoms with van der Waals surface area (Å²) in [4.78, 5) is 0. The first-order chi connectivity index (χ1) is 9.82. The molecule has 114 valence electrons. The summed E-state index contributed by atoms with van der Waals surface area (Å²) in [7, 11) is 0. The molecule has 7 heteroatoms. The molecule has 0 aliphatic heterocycles. The molecule has 3 nitrogen and oxygen atoms in total. The van der Waals surface area contributed by atoms with E-state index in [0.717, 1.165) is 19.0 Å². The van der Waals surface area contributed by atoms with E-state index >= 15 is 0 Å². The van der Waals surface area contributed by atoms with Crippen LogP contribution in [0.15, 0.2) is 35.1 Å². The number of hydrogen-bond donors (Lipinski definition) is 1. The van der Waals surface area contributed by atoms with E-state index in [1.807, 2.05) is 6.92 Å². The van der Waals surface area contributed by atoms with Crippen LogP contribution in [0.1, 0.15) is 36.1 Å². The second kappa shape index (κ2) is 6.19. The number of alkyl halides is 3.